The molecule has 1 aromatic carbocycles. The van der Waals surface area contributed by atoms with E-state index in [4.69, 9.17) is 4.74 Å². The average molecular weight is 523 g/mol. The Labute approximate surface area is 198 Å². The van der Waals surface area contributed by atoms with Crippen LogP contribution in [0.2, 0.25) is 0 Å². The van der Waals surface area contributed by atoms with Crippen LogP contribution >= 0.6 is 39.0 Å². The summed E-state index contributed by atoms with van der Waals surface area (Å²) >= 11 is 5.96. The summed E-state index contributed by atoms with van der Waals surface area (Å²) < 4.78 is 5.70. The summed E-state index contributed by atoms with van der Waals surface area (Å²) in [5.41, 5.74) is 2.09. The number of methoxy groups -OCH3 is 1. The van der Waals surface area contributed by atoms with E-state index in [1.165, 1.54) is 18.4 Å². The lowest BCUT2D eigenvalue weighted by Gasteiger charge is -2.35. The van der Waals surface area contributed by atoms with Gasteiger partial charge in [-0.2, -0.15) is 0 Å². The lowest BCUT2D eigenvalue weighted by molar-refractivity contribution is -0.119. The van der Waals surface area contributed by atoms with Gasteiger partial charge in [-0.05, 0) is 59.5 Å². The molecular formula is C22H23BrN2O4S2. The van der Waals surface area contributed by atoms with Crippen molar-refractivity contribution in [3.8, 4) is 0 Å². The van der Waals surface area contributed by atoms with Crippen molar-refractivity contribution in [2.45, 2.75) is 26.2 Å². The van der Waals surface area contributed by atoms with Crippen LogP contribution in [0.3, 0.4) is 0 Å². The predicted molar refractivity (Wildman–Crippen MR) is 127 cm³/mol. The van der Waals surface area contributed by atoms with Crippen molar-refractivity contribution >= 4 is 56.0 Å². The topological polar surface area (TPSA) is 66.9 Å². The van der Waals surface area contributed by atoms with Crippen molar-refractivity contribution in [2.24, 2.45) is 0 Å². The fourth-order valence-corrected chi connectivity index (χ4v) is 5.43. The highest BCUT2D eigenvalue weighted by molar-refractivity contribution is 9.10. The summed E-state index contributed by atoms with van der Waals surface area (Å²) in [6.45, 7) is 2.91. The van der Waals surface area contributed by atoms with Gasteiger partial charge in [-0.15, -0.1) is 11.3 Å². The van der Waals surface area contributed by atoms with Gasteiger partial charge in [0.1, 0.15) is 10.7 Å². The molecule has 0 aliphatic carbocycles. The molecule has 1 amide bonds. The number of carbonyl (C=O) groups excluding carboxylic acids is 3. The molecular weight excluding hydrogens is 500 g/mol. The first kappa shape index (κ1) is 23.6. The molecule has 0 spiro atoms. The van der Waals surface area contributed by atoms with Gasteiger partial charge in [-0.1, -0.05) is 22.0 Å². The third-order valence-electron chi connectivity index (χ3n) is 4.66. The second-order valence-electron chi connectivity index (χ2n) is 7.06. The molecule has 0 radical (unpaired) electrons. The molecule has 0 saturated carbocycles. The second kappa shape index (κ2) is 11.0. The third kappa shape index (κ3) is 6.69. The predicted octanol–water partition coefficient (Wildman–Crippen LogP) is 5.21. The minimum Gasteiger partial charge on any atom is -0.465 e. The van der Waals surface area contributed by atoms with Crippen molar-refractivity contribution in [1.82, 2.24) is 10.0 Å². The number of hydrazine groups is 1. The van der Waals surface area contributed by atoms with Crippen LogP contribution in [0.1, 0.15) is 32.1 Å². The molecule has 2 heterocycles. The Morgan fingerprint density at radius 2 is 1.97 bits per heavy atom. The summed E-state index contributed by atoms with van der Waals surface area (Å²) in [5, 5.41) is 5.11. The number of thioether (sulfide) groups is 1. The summed E-state index contributed by atoms with van der Waals surface area (Å²) in [7, 11) is 1.36. The van der Waals surface area contributed by atoms with E-state index < -0.39 is 0 Å². The second-order valence-corrected chi connectivity index (χ2v) is 10.0. The standard InChI is InChI=1S/C22H23BrN2O4S2/c1-15-11-16(13-17(23)12-15)14-18(26)5-7-24-9-10-30-22(28)25(24)8-6-19-3-4-20(31-19)21(27)29-2/h3-4,9-13H,5-8,14H2,1-2H3. The van der Waals surface area contributed by atoms with Crippen LogP contribution in [-0.2, 0) is 22.4 Å². The highest BCUT2D eigenvalue weighted by Crippen LogP contribution is 2.23. The van der Waals surface area contributed by atoms with Gasteiger partial charge >= 0.3 is 11.2 Å². The normalized spacial score (nSPS) is 13.6. The number of benzene rings is 1. The van der Waals surface area contributed by atoms with E-state index in [0.717, 1.165) is 32.2 Å². The zero-order valence-electron chi connectivity index (χ0n) is 17.3. The monoisotopic (exact) mass is 522 g/mol. The smallest absolute Gasteiger partial charge is 0.348 e. The maximum Gasteiger partial charge on any atom is 0.348 e. The van der Waals surface area contributed by atoms with E-state index in [9.17, 15) is 14.4 Å². The van der Waals surface area contributed by atoms with Crippen LogP contribution in [-0.4, -0.2) is 47.2 Å². The number of rotatable bonds is 9. The largest absolute Gasteiger partial charge is 0.465 e. The number of ketones is 1. The number of Topliss-reactive ketones (excluding diaryl/α,β-unsaturated/α-hetero) is 1. The van der Waals surface area contributed by atoms with Gasteiger partial charge < -0.3 is 4.74 Å². The molecule has 1 aliphatic rings. The van der Waals surface area contributed by atoms with Crippen molar-refractivity contribution in [3.63, 3.8) is 0 Å². The molecule has 0 saturated heterocycles. The van der Waals surface area contributed by atoms with Crippen LogP contribution in [0.15, 0.2) is 46.4 Å². The summed E-state index contributed by atoms with van der Waals surface area (Å²) in [5.74, 6) is -0.234. The Hall–Kier alpha value is -2.10. The number of nitrogens with zero attached hydrogens (tertiary/aromatic N) is 2. The zero-order valence-corrected chi connectivity index (χ0v) is 20.5. The van der Waals surface area contributed by atoms with Crippen molar-refractivity contribution in [2.75, 3.05) is 20.2 Å². The first-order valence-electron chi connectivity index (χ1n) is 9.72. The van der Waals surface area contributed by atoms with Gasteiger partial charge in [-0.25, -0.2) is 9.80 Å². The van der Waals surface area contributed by atoms with E-state index >= 15 is 0 Å². The van der Waals surface area contributed by atoms with Crippen LogP contribution < -0.4 is 0 Å². The minimum atomic E-state index is -0.357. The number of carbonyl (C=O) groups is 3. The third-order valence-corrected chi connectivity index (χ3v) is 6.92. The van der Waals surface area contributed by atoms with E-state index in [1.807, 2.05) is 37.4 Å². The van der Waals surface area contributed by atoms with Gasteiger partial charge in [0.15, 0.2) is 0 Å². The molecule has 2 aromatic rings. The van der Waals surface area contributed by atoms with Crippen LogP contribution in [0.5, 0.6) is 0 Å². The Bertz CT molecular complexity index is 985. The number of thiophene rings is 1. The van der Waals surface area contributed by atoms with Crippen LogP contribution in [0.25, 0.3) is 0 Å². The lowest BCUT2D eigenvalue weighted by atomic mass is 10.0. The molecule has 9 heteroatoms. The molecule has 3 rings (SSSR count). The van der Waals surface area contributed by atoms with Crippen molar-refractivity contribution < 1.29 is 19.1 Å². The number of halogens is 1. The number of hydrogen-bond acceptors (Lipinski definition) is 7. The molecule has 0 atom stereocenters. The first-order valence-corrected chi connectivity index (χ1v) is 12.2. The van der Waals surface area contributed by atoms with Crippen molar-refractivity contribution in [3.05, 3.63) is 67.3 Å². The average Bonchev–Trinajstić information content (AvgIpc) is 3.19. The molecule has 164 valence electrons. The van der Waals surface area contributed by atoms with E-state index in [0.29, 0.717) is 37.2 Å². The molecule has 0 bridgehead atoms. The molecule has 31 heavy (non-hydrogen) atoms. The van der Waals surface area contributed by atoms with Crippen LogP contribution in [0, 0.1) is 6.92 Å². The SMILES string of the molecule is COC(=O)c1ccc(CCN2C(=O)SC=CN2CCC(=O)Cc2cc(C)cc(Br)c2)s1. The van der Waals surface area contributed by atoms with E-state index in [2.05, 4.69) is 15.9 Å². The number of esters is 1. The number of hydrogen-bond donors (Lipinski definition) is 0. The summed E-state index contributed by atoms with van der Waals surface area (Å²) in [6.07, 6.45) is 3.16. The van der Waals surface area contributed by atoms with Gasteiger partial charge in [0, 0.05) is 47.9 Å². The fraction of sp³-hybridized carbons (Fsp3) is 0.318. The Kier molecular flexibility index (Phi) is 8.34. The van der Waals surface area contributed by atoms with E-state index in [-0.39, 0.29) is 17.0 Å². The highest BCUT2D eigenvalue weighted by Gasteiger charge is 2.23. The molecule has 0 fully saturated rings. The number of aryl methyl sites for hydroxylation is 1. The quantitative estimate of drug-likeness (QED) is 0.421. The molecule has 1 aromatic heterocycles. The van der Waals surface area contributed by atoms with E-state index in [1.54, 1.807) is 21.5 Å². The van der Waals surface area contributed by atoms with Gasteiger partial charge in [-0.3, -0.25) is 14.6 Å². The first-order chi connectivity index (χ1) is 14.9. The summed E-state index contributed by atoms with van der Waals surface area (Å²) in [4.78, 5) is 38.1. The minimum absolute atomic E-state index is 0.0812. The highest BCUT2D eigenvalue weighted by atomic mass is 79.9. The Balaban J connectivity index is 1.56. The fourth-order valence-electron chi connectivity index (χ4n) is 3.23. The number of amides is 1. The molecule has 1 aliphatic heterocycles. The maximum absolute atomic E-state index is 12.5. The lowest BCUT2D eigenvalue weighted by Crippen LogP contribution is -2.45. The molecule has 0 unspecified atom stereocenters. The number of ether oxygens (including phenoxy) is 1. The summed E-state index contributed by atoms with van der Waals surface area (Å²) in [6, 6.07) is 9.59. The van der Waals surface area contributed by atoms with Crippen LogP contribution in [0.4, 0.5) is 4.79 Å². The Morgan fingerprint density at radius 1 is 1.16 bits per heavy atom. The van der Waals surface area contributed by atoms with Gasteiger partial charge in [0.05, 0.1) is 7.11 Å². The Morgan fingerprint density at radius 3 is 2.71 bits per heavy atom. The van der Waals surface area contributed by atoms with Gasteiger partial charge in [0.25, 0.3) is 0 Å². The van der Waals surface area contributed by atoms with Crippen molar-refractivity contribution in [1.29, 1.82) is 0 Å². The maximum atomic E-state index is 12.5. The molecule has 6 nitrogen and oxygen atoms in total. The molecule has 0 N–H and O–H groups in total. The zero-order chi connectivity index (χ0) is 22.4. The van der Waals surface area contributed by atoms with Gasteiger partial charge in [0.2, 0.25) is 0 Å².